The van der Waals surface area contributed by atoms with Gasteiger partial charge >= 0.3 is 6.09 Å². The summed E-state index contributed by atoms with van der Waals surface area (Å²) in [5.41, 5.74) is 5.24. The molecule has 4 heteroatoms. The van der Waals surface area contributed by atoms with E-state index in [0.29, 0.717) is 30.1 Å². The number of carbonyl (C=O) groups is 2. The van der Waals surface area contributed by atoms with E-state index in [1.165, 1.54) is 48.8 Å². The molecule has 1 aliphatic heterocycles. The number of fused-ring (bicyclic) bond motifs is 5. The minimum Gasteiger partial charge on any atom is -0.444 e. The normalized spacial score (nSPS) is 41.5. The van der Waals surface area contributed by atoms with Crippen LogP contribution in [0.25, 0.3) is 0 Å². The monoisotopic (exact) mass is 461 g/mol. The van der Waals surface area contributed by atoms with E-state index in [1.54, 1.807) is 0 Å². The zero-order valence-corrected chi connectivity index (χ0v) is 21.2. The number of ketones is 1. The van der Waals surface area contributed by atoms with Crippen LogP contribution in [0.1, 0.15) is 76.3 Å². The molecule has 0 bridgehead atoms. The average Bonchev–Trinajstić information content (AvgIpc) is 3.33. The van der Waals surface area contributed by atoms with E-state index in [2.05, 4.69) is 45.9 Å². The number of hydrogen-bond acceptors (Lipinski definition) is 3. The fourth-order valence-electron chi connectivity index (χ4n) is 9.22. The molecule has 182 valence electrons. The van der Waals surface area contributed by atoms with Gasteiger partial charge in [0.05, 0.1) is 6.54 Å². The molecule has 7 atom stereocenters. The molecule has 0 radical (unpaired) electrons. The minimum atomic E-state index is -0.178. The molecule has 1 heterocycles. The highest BCUT2D eigenvalue weighted by molar-refractivity contribution is 5.91. The maximum atomic E-state index is 13.0. The molecule has 1 amide bonds. The summed E-state index contributed by atoms with van der Waals surface area (Å²) < 4.78 is 6.10. The standard InChI is InChI=1S/C30H39NO3/c1-18-13-19(2)15-21(14-18)31-17-27(34-28(31)33)26-8-7-24-23-6-5-20-16-22(32)9-11-29(20,3)25(23)10-12-30(24,26)4/h13-16,23-27H,5-12,17H2,1-4H3/t23-,24-,25-,26+,27?,29-,30-/m0/s1. The van der Waals surface area contributed by atoms with Crippen LogP contribution in [0.2, 0.25) is 0 Å². The minimum absolute atomic E-state index is 0.0122. The molecular weight excluding hydrogens is 422 g/mol. The summed E-state index contributed by atoms with van der Waals surface area (Å²) in [6.07, 6.45) is 10.8. The van der Waals surface area contributed by atoms with Crippen LogP contribution in [-0.4, -0.2) is 24.5 Å². The van der Waals surface area contributed by atoms with Crippen molar-refractivity contribution in [3.63, 3.8) is 0 Å². The number of allylic oxidation sites excluding steroid dienone is 1. The second kappa shape index (κ2) is 7.70. The Labute approximate surface area is 204 Å². The first-order chi connectivity index (χ1) is 16.2. The Kier molecular flexibility index (Phi) is 5.07. The van der Waals surface area contributed by atoms with Crippen LogP contribution in [0.4, 0.5) is 10.5 Å². The van der Waals surface area contributed by atoms with Crippen molar-refractivity contribution in [1.29, 1.82) is 0 Å². The molecule has 0 N–H and O–H groups in total. The average molecular weight is 462 g/mol. The summed E-state index contributed by atoms with van der Waals surface area (Å²) in [6, 6.07) is 6.35. The Morgan fingerprint density at radius 3 is 2.38 bits per heavy atom. The van der Waals surface area contributed by atoms with E-state index in [4.69, 9.17) is 4.74 Å². The summed E-state index contributed by atoms with van der Waals surface area (Å²) >= 11 is 0. The molecule has 1 unspecified atom stereocenters. The van der Waals surface area contributed by atoms with Gasteiger partial charge in [0.25, 0.3) is 0 Å². The van der Waals surface area contributed by atoms with Gasteiger partial charge in [-0.05, 0) is 117 Å². The molecule has 4 fully saturated rings. The SMILES string of the molecule is Cc1cc(C)cc(N2CC([C@H]3CC[C@H]4[C@@H]5CCC6=CC(=O)CC[C@]6(C)[C@H]5CC[C@]34C)OC2=O)c1. The van der Waals surface area contributed by atoms with Gasteiger partial charge in [0, 0.05) is 18.0 Å². The van der Waals surface area contributed by atoms with Gasteiger partial charge < -0.3 is 4.74 Å². The van der Waals surface area contributed by atoms with Gasteiger partial charge in [-0.3, -0.25) is 9.69 Å². The molecule has 1 saturated heterocycles. The third kappa shape index (κ3) is 3.23. The highest BCUT2D eigenvalue weighted by Crippen LogP contribution is 2.67. The van der Waals surface area contributed by atoms with E-state index in [-0.39, 0.29) is 23.0 Å². The molecule has 34 heavy (non-hydrogen) atoms. The van der Waals surface area contributed by atoms with E-state index >= 15 is 0 Å². The van der Waals surface area contributed by atoms with Gasteiger partial charge in [0.1, 0.15) is 6.10 Å². The van der Waals surface area contributed by atoms with Crippen molar-refractivity contribution in [2.75, 3.05) is 11.4 Å². The van der Waals surface area contributed by atoms with Crippen molar-refractivity contribution >= 4 is 17.6 Å². The number of aryl methyl sites for hydroxylation is 2. The fraction of sp³-hybridized carbons (Fsp3) is 0.667. The van der Waals surface area contributed by atoms with Crippen molar-refractivity contribution in [3.05, 3.63) is 41.0 Å². The topological polar surface area (TPSA) is 46.6 Å². The van der Waals surface area contributed by atoms with Crippen molar-refractivity contribution in [2.45, 2.75) is 85.2 Å². The number of rotatable bonds is 2. The molecule has 6 rings (SSSR count). The lowest BCUT2D eigenvalue weighted by Crippen LogP contribution is -2.51. The molecule has 1 aromatic rings. The van der Waals surface area contributed by atoms with Gasteiger partial charge in [-0.15, -0.1) is 0 Å². The summed E-state index contributed by atoms with van der Waals surface area (Å²) in [4.78, 5) is 26.9. The van der Waals surface area contributed by atoms with Crippen molar-refractivity contribution in [2.24, 2.45) is 34.5 Å². The van der Waals surface area contributed by atoms with E-state index < -0.39 is 0 Å². The molecular formula is C30H39NO3. The van der Waals surface area contributed by atoms with E-state index in [9.17, 15) is 9.59 Å². The predicted octanol–water partition coefficient (Wildman–Crippen LogP) is 6.78. The van der Waals surface area contributed by atoms with Crippen molar-refractivity contribution in [1.82, 2.24) is 0 Å². The second-order valence-electron chi connectivity index (χ2n) is 12.6. The van der Waals surface area contributed by atoms with Gasteiger partial charge in [-0.1, -0.05) is 25.5 Å². The number of hydrogen-bond donors (Lipinski definition) is 0. The summed E-state index contributed by atoms with van der Waals surface area (Å²) in [5.74, 6) is 2.93. The number of cyclic esters (lactones) is 1. The van der Waals surface area contributed by atoms with Crippen LogP contribution in [0.15, 0.2) is 29.8 Å². The number of nitrogens with zero attached hydrogens (tertiary/aromatic N) is 1. The Morgan fingerprint density at radius 2 is 1.62 bits per heavy atom. The third-order valence-electron chi connectivity index (χ3n) is 10.8. The Bertz CT molecular complexity index is 1050. The summed E-state index contributed by atoms with van der Waals surface area (Å²) in [6.45, 7) is 9.82. The van der Waals surface area contributed by atoms with Gasteiger partial charge in [0.15, 0.2) is 5.78 Å². The van der Waals surface area contributed by atoms with Crippen LogP contribution in [0.3, 0.4) is 0 Å². The highest BCUT2D eigenvalue weighted by atomic mass is 16.6. The molecule has 5 aliphatic rings. The third-order valence-corrected chi connectivity index (χ3v) is 10.8. The van der Waals surface area contributed by atoms with Gasteiger partial charge in [0.2, 0.25) is 0 Å². The first-order valence-electron chi connectivity index (χ1n) is 13.5. The summed E-state index contributed by atoms with van der Waals surface area (Å²) in [5, 5.41) is 0. The Hall–Kier alpha value is -2.10. The van der Waals surface area contributed by atoms with E-state index in [1.807, 2.05) is 11.0 Å². The Balaban J connectivity index is 1.23. The summed E-state index contributed by atoms with van der Waals surface area (Å²) in [7, 11) is 0. The van der Waals surface area contributed by atoms with Crippen LogP contribution in [-0.2, 0) is 9.53 Å². The zero-order valence-electron chi connectivity index (χ0n) is 21.2. The van der Waals surface area contributed by atoms with E-state index in [0.717, 1.165) is 30.9 Å². The number of anilines is 1. The number of benzene rings is 1. The fourth-order valence-corrected chi connectivity index (χ4v) is 9.22. The number of ether oxygens (including phenoxy) is 1. The van der Waals surface area contributed by atoms with Gasteiger partial charge in [-0.2, -0.15) is 0 Å². The first-order valence-corrected chi connectivity index (χ1v) is 13.5. The first kappa shape index (κ1) is 22.4. The quantitative estimate of drug-likeness (QED) is 0.488. The Morgan fingerprint density at radius 1 is 0.882 bits per heavy atom. The molecule has 0 spiro atoms. The molecule has 4 aliphatic carbocycles. The maximum absolute atomic E-state index is 13.0. The van der Waals surface area contributed by atoms with Crippen molar-refractivity contribution < 1.29 is 14.3 Å². The lowest BCUT2D eigenvalue weighted by molar-refractivity contribution is -0.117. The molecule has 3 saturated carbocycles. The number of amides is 1. The largest absolute Gasteiger partial charge is 0.444 e. The molecule has 1 aromatic carbocycles. The van der Waals surface area contributed by atoms with Crippen LogP contribution >= 0.6 is 0 Å². The van der Waals surface area contributed by atoms with Crippen LogP contribution in [0.5, 0.6) is 0 Å². The van der Waals surface area contributed by atoms with Crippen LogP contribution in [0, 0.1) is 48.3 Å². The second-order valence-corrected chi connectivity index (χ2v) is 12.6. The van der Waals surface area contributed by atoms with Crippen LogP contribution < -0.4 is 4.90 Å². The molecule has 4 nitrogen and oxygen atoms in total. The lowest BCUT2D eigenvalue weighted by Gasteiger charge is -2.58. The highest BCUT2D eigenvalue weighted by Gasteiger charge is 2.61. The predicted molar refractivity (Wildman–Crippen MR) is 134 cm³/mol. The zero-order chi connectivity index (χ0) is 23.8. The maximum Gasteiger partial charge on any atom is 0.414 e. The lowest BCUT2D eigenvalue weighted by atomic mass is 9.46. The van der Waals surface area contributed by atoms with Gasteiger partial charge in [-0.25, -0.2) is 4.79 Å². The molecule has 0 aromatic heterocycles. The smallest absolute Gasteiger partial charge is 0.414 e. The van der Waals surface area contributed by atoms with Crippen molar-refractivity contribution in [3.8, 4) is 0 Å². The number of carbonyl (C=O) groups excluding carboxylic acids is 2.